The van der Waals surface area contributed by atoms with Gasteiger partial charge in [-0.05, 0) is 49.3 Å². The molecular formula is C12H13F3O2S. The Kier molecular flexibility index (Phi) is 3.51. The fraction of sp³-hybridized carbons (Fsp3) is 0.500. The molecule has 1 N–H and O–H groups in total. The summed E-state index contributed by atoms with van der Waals surface area (Å²) in [5, 5.41) is 10.2. The molecule has 1 aliphatic carbocycles. The van der Waals surface area contributed by atoms with Gasteiger partial charge in [-0.3, -0.25) is 0 Å². The second-order valence-corrected chi connectivity index (χ2v) is 5.21. The normalized spacial score (nSPS) is 18.3. The van der Waals surface area contributed by atoms with Gasteiger partial charge in [0.15, 0.2) is 0 Å². The highest BCUT2D eigenvalue weighted by molar-refractivity contribution is 7.98. The Bertz CT molecular complexity index is 441. The van der Waals surface area contributed by atoms with E-state index in [2.05, 4.69) is 4.74 Å². The lowest BCUT2D eigenvalue weighted by molar-refractivity contribution is -0.274. The van der Waals surface area contributed by atoms with E-state index in [-0.39, 0.29) is 5.75 Å². The van der Waals surface area contributed by atoms with Crippen LogP contribution in [0.15, 0.2) is 23.1 Å². The van der Waals surface area contributed by atoms with E-state index in [1.807, 2.05) is 0 Å². The topological polar surface area (TPSA) is 29.5 Å². The number of aliphatic hydroxyl groups is 1. The number of hydrogen-bond donors (Lipinski definition) is 1. The predicted octanol–water partition coefficient (Wildman–Crippen LogP) is 3.68. The minimum atomic E-state index is -4.71. The third kappa shape index (κ3) is 2.92. The van der Waals surface area contributed by atoms with E-state index in [0.717, 1.165) is 6.42 Å². The molecule has 0 radical (unpaired) electrons. The second-order valence-electron chi connectivity index (χ2n) is 4.33. The Balaban J connectivity index is 2.33. The van der Waals surface area contributed by atoms with Gasteiger partial charge in [-0.25, -0.2) is 0 Å². The van der Waals surface area contributed by atoms with Crippen molar-refractivity contribution in [3.63, 3.8) is 0 Å². The fourth-order valence-corrected chi connectivity index (χ4v) is 2.43. The van der Waals surface area contributed by atoms with Crippen LogP contribution in [0, 0.1) is 0 Å². The summed E-state index contributed by atoms with van der Waals surface area (Å²) < 4.78 is 40.6. The standard InChI is InChI=1S/C12H13F3O2S/c1-18-10-6-8(11(16)3-2-4-11)5-9(7-10)17-12(13,14)15/h5-7,16H,2-4H2,1H3. The van der Waals surface area contributed by atoms with E-state index in [1.54, 1.807) is 12.3 Å². The van der Waals surface area contributed by atoms with Crippen molar-refractivity contribution in [2.24, 2.45) is 0 Å². The Hall–Kier alpha value is -0.880. The van der Waals surface area contributed by atoms with Crippen molar-refractivity contribution >= 4 is 11.8 Å². The number of thioether (sulfide) groups is 1. The number of hydrogen-bond acceptors (Lipinski definition) is 3. The zero-order valence-corrected chi connectivity index (χ0v) is 10.6. The third-order valence-electron chi connectivity index (χ3n) is 3.07. The minimum absolute atomic E-state index is 0.273. The molecule has 0 spiro atoms. The first kappa shape index (κ1) is 13.5. The van der Waals surface area contributed by atoms with Crippen LogP contribution in [0.4, 0.5) is 13.2 Å². The highest BCUT2D eigenvalue weighted by atomic mass is 32.2. The third-order valence-corrected chi connectivity index (χ3v) is 3.77. The van der Waals surface area contributed by atoms with Gasteiger partial charge in [0.1, 0.15) is 5.75 Å². The number of alkyl halides is 3. The molecule has 1 saturated carbocycles. The van der Waals surface area contributed by atoms with Crippen LogP contribution in [0.1, 0.15) is 24.8 Å². The SMILES string of the molecule is CSc1cc(OC(F)(F)F)cc(C2(O)CCC2)c1. The van der Waals surface area contributed by atoms with Crippen LogP contribution in [-0.2, 0) is 5.60 Å². The van der Waals surface area contributed by atoms with Crippen molar-refractivity contribution in [2.75, 3.05) is 6.26 Å². The maximum Gasteiger partial charge on any atom is 0.573 e. The van der Waals surface area contributed by atoms with Crippen LogP contribution >= 0.6 is 11.8 Å². The summed E-state index contributed by atoms with van der Waals surface area (Å²) >= 11 is 1.32. The first-order chi connectivity index (χ1) is 8.32. The molecule has 0 amide bonds. The Labute approximate surface area is 107 Å². The molecular weight excluding hydrogens is 265 g/mol. The summed E-state index contributed by atoms with van der Waals surface area (Å²) in [6.07, 6.45) is -0.903. The lowest BCUT2D eigenvalue weighted by Crippen LogP contribution is -2.33. The largest absolute Gasteiger partial charge is 0.573 e. The Morgan fingerprint density at radius 2 is 1.94 bits per heavy atom. The summed E-state index contributed by atoms with van der Waals surface area (Å²) in [7, 11) is 0. The van der Waals surface area contributed by atoms with Gasteiger partial charge < -0.3 is 9.84 Å². The van der Waals surface area contributed by atoms with Crippen LogP contribution in [0.5, 0.6) is 5.75 Å². The molecule has 1 fully saturated rings. The van der Waals surface area contributed by atoms with E-state index < -0.39 is 12.0 Å². The molecule has 0 heterocycles. The quantitative estimate of drug-likeness (QED) is 0.855. The Morgan fingerprint density at radius 1 is 1.28 bits per heavy atom. The highest BCUT2D eigenvalue weighted by Gasteiger charge is 2.38. The van der Waals surface area contributed by atoms with Crippen molar-refractivity contribution in [1.82, 2.24) is 0 Å². The van der Waals surface area contributed by atoms with Gasteiger partial charge in [0, 0.05) is 4.90 Å². The highest BCUT2D eigenvalue weighted by Crippen LogP contribution is 2.43. The predicted molar refractivity (Wildman–Crippen MR) is 62.7 cm³/mol. The fourth-order valence-electron chi connectivity index (χ4n) is 1.95. The number of ether oxygens (including phenoxy) is 1. The molecule has 0 atom stereocenters. The molecule has 2 nitrogen and oxygen atoms in total. The molecule has 1 aromatic carbocycles. The monoisotopic (exact) mass is 278 g/mol. The average molecular weight is 278 g/mol. The minimum Gasteiger partial charge on any atom is -0.406 e. The molecule has 0 unspecified atom stereocenters. The van der Waals surface area contributed by atoms with Gasteiger partial charge in [-0.15, -0.1) is 24.9 Å². The summed E-state index contributed by atoms with van der Waals surface area (Å²) in [6, 6.07) is 4.31. The molecule has 0 aromatic heterocycles. The van der Waals surface area contributed by atoms with Gasteiger partial charge in [0.05, 0.1) is 5.60 Å². The summed E-state index contributed by atoms with van der Waals surface area (Å²) in [5.41, 5.74) is -0.491. The van der Waals surface area contributed by atoms with Crippen LogP contribution in [-0.4, -0.2) is 17.7 Å². The lowest BCUT2D eigenvalue weighted by atomic mass is 9.75. The van der Waals surface area contributed by atoms with Crippen molar-refractivity contribution in [3.8, 4) is 5.75 Å². The van der Waals surface area contributed by atoms with Gasteiger partial charge in [-0.1, -0.05) is 0 Å². The van der Waals surface area contributed by atoms with Crippen molar-refractivity contribution in [2.45, 2.75) is 36.1 Å². The van der Waals surface area contributed by atoms with E-state index in [9.17, 15) is 18.3 Å². The molecule has 6 heteroatoms. The van der Waals surface area contributed by atoms with Gasteiger partial charge in [-0.2, -0.15) is 0 Å². The van der Waals surface area contributed by atoms with Gasteiger partial charge in [0.2, 0.25) is 0 Å². The van der Waals surface area contributed by atoms with Crippen LogP contribution in [0.25, 0.3) is 0 Å². The maximum absolute atomic E-state index is 12.2. The van der Waals surface area contributed by atoms with Gasteiger partial charge in [0.25, 0.3) is 0 Å². The maximum atomic E-state index is 12.2. The first-order valence-electron chi connectivity index (χ1n) is 5.50. The van der Waals surface area contributed by atoms with E-state index >= 15 is 0 Å². The van der Waals surface area contributed by atoms with Gasteiger partial charge >= 0.3 is 6.36 Å². The smallest absolute Gasteiger partial charge is 0.406 e. The van der Waals surface area contributed by atoms with Crippen molar-refractivity contribution < 1.29 is 23.0 Å². The van der Waals surface area contributed by atoms with Crippen LogP contribution < -0.4 is 4.74 Å². The Morgan fingerprint density at radius 3 is 2.39 bits per heavy atom. The second kappa shape index (κ2) is 4.66. The molecule has 0 saturated heterocycles. The van der Waals surface area contributed by atoms with E-state index in [0.29, 0.717) is 23.3 Å². The molecule has 1 aliphatic rings. The summed E-state index contributed by atoms with van der Waals surface area (Å²) in [5.74, 6) is -0.273. The number of halogens is 3. The summed E-state index contributed by atoms with van der Waals surface area (Å²) in [6.45, 7) is 0. The zero-order valence-electron chi connectivity index (χ0n) is 9.75. The van der Waals surface area contributed by atoms with Crippen molar-refractivity contribution in [1.29, 1.82) is 0 Å². The summed E-state index contributed by atoms with van der Waals surface area (Å²) in [4.78, 5) is 0.645. The van der Waals surface area contributed by atoms with Crippen molar-refractivity contribution in [3.05, 3.63) is 23.8 Å². The number of rotatable bonds is 3. The molecule has 0 aliphatic heterocycles. The molecule has 100 valence electrons. The zero-order chi connectivity index (χ0) is 13.4. The lowest BCUT2D eigenvalue weighted by Gasteiger charge is -2.37. The van der Waals surface area contributed by atoms with Crippen LogP contribution in [0.3, 0.4) is 0 Å². The molecule has 2 rings (SSSR count). The average Bonchev–Trinajstić information content (AvgIpc) is 2.23. The van der Waals surface area contributed by atoms with E-state index in [4.69, 9.17) is 0 Å². The number of benzene rings is 1. The van der Waals surface area contributed by atoms with Crippen LogP contribution in [0.2, 0.25) is 0 Å². The van der Waals surface area contributed by atoms with E-state index in [1.165, 1.54) is 23.9 Å². The molecule has 18 heavy (non-hydrogen) atoms. The molecule has 1 aromatic rings. The first-order valence-corrected chi connectivity index (χ1v) is 6.73. The molecule has 0 bridgehead atoms.